The molecule has 80 valence electrons. The van der Waals surface area contributed by atoms with Crippen molar-refractivity contribution >= 4 is 0 Å². The van der Waals surface area contributed by atoms with E-state index in [2.05, 4.69) is 20.8 Å². The molecule has 1 heterocycles. The van der Waals surface area contributed by atoms with E-state index in [1.54, 1.807) is 7.11 Å². The van der Waals surface area contributed by atoms with Crippen LogP contribution in [-0.4, -0.2) is 31.3 Å². The molecule has 0 saturated carbocycles. The van der Waals surface area contributed by atoms with Crippen LogP contribution in [0.5, 0.6) is 0 Å². The summed E-state index contributed by atoms with van der Waals surface area (Å²) in [5.74, 6) is 6.27. The van der Waals surface area contributed by atoms with Gasteiger partial charge in [0.25, 0.3) is 0 Å². The molecule has 2 unspecified atom stereocenters. The molecule has 13 heavy (non-hydrogen) atoms. The summed E-state index contributed by atoms with van der Waals surface area (Å²) in [6.45, 7) is 8.33. The average molecular weight is 188 g/mol. The molecule has 1 rings (SSSR count). The molecule has 0 aromatic rings. The van der Waals surface area contributed by atoms with Gasteiger partial charge in [-0.15, -0.1) is 0 Å². The van der Waals surface area contributed by atoms with Gasteiger partial charge in [-0.2, -0.15) is 0 Å². The van der Waals surface area contributed by atoms with Gasteiger partial charge in [-0.3, -0.25) is 5.84 Å². The number of hydrazine groups is 1. The Morgan fingerprint density at radius 2 is 2.00 bits per heavy atom. The van der Waals surface area contributed by atoms with E-state index in [0.29, 0.717) is 12.0 Å². The number of nitrogens with zero attached hydrogens (tertiary/aromatic N) is 1. The molecule has 3 heteroatoms. The number of hydrogen-bond donors (Lipinski definition) is 1. The first kappa shape index (κ1) is 12.9. The molecule has 0 aliphatic carbocycles. The fourth-order valence-corrected chi connectivity index (χ4v) is 1.36. The molecule has 1 saturated heterocycles. The van der Waals surface area contributed by atoms with Crippen molar-refractivity contribution in [3.63, 3.8) is 0 Å². The summed E-state index contributed by atoms with van der Waals surface area (Å²) in [4.78, 5) is 0. The molecule has 1 aliphatic rings. The van der Waals surface area contributed by atoms with E-state index in [1.807, 2.05) is 5.01 Å². The highest BCUT2D eigenvalue weighted by atomic mass is 16.5. The maximum Gasteiger partial charge on any atom is 0.0738 e. The van der Waals surface area contributed by atoms with Crippen LogP contribution in [0, 0.1) is 5.92 Å². The van der Waals surface area contributed by atoms with Crippen molar-refractivity contribution in [1.82, 2.24) is 5.01 Å². The number of piperidine rings is 1. The third-order valence-corrected chi connectivity index (χ3v) is 2.22. The van der Waals surface area contributed by atoms with Gasteiger partial charge in [0.2, 0.25) is 0 Å². The molecule has 2 N–H and O–H groups in total. The Morgan fingerprint density at radius 1 is 1.46 bits per heavy atom. The van der Waals surface area contributed by atoms with E-state index in [0.717, 1.165) is 19.5 Å². The second-order valence-electron chi connectivity index (χ2n) is 3.74. The highest BCUT2D eigenvalue weighted by molar-refractivity contribution is 4.75. The van der Waals surface area contributed by atoms with Crippen LogP contribution >= 0.6 is 0 Å². The average Bonchev–Trinajstić information content (AvgIpc) is 2.10. The van der Waals surface area contributed by atoms with Crippen molar-refractivity contribution in [3.05, 3.63) is 0 Å². The van der Waals surface area contributed by atoms with Crippen LogP contribution in [0.1, 0.15) is 33.6 Å². The molecule has 1 fully saturated rings. The van der Waals surface area contributed by atoms with Crippen LogP contribution in [0.3, 0.4) is 0 Å². The highest BCUT2D eigenvalue weighted by Gasteiger charge is 2.23. The van der Waals surface area contributed by atoms with Crippen LogP contribution < -0.4 is 5.84 Å². The highest BCUT2D eigenvalue weighted by Crippen LogP contribution is 2.16. The third kappa shape index (κ3) is 5.24. The summed E-state index contributed by atoms with van der Waals surface area (Å²) in [6.07, 6.45) is 2.73. The standard InChI is InChI=1S/C7H16N2O.C3H8/c1-6-3-4-9(8)5-7(6)10-2;1-3-2/h6-7H,3-5,8H2,1-2H3;3H2,1-2H3. The Kier molecular flexibility index (Phi) is 7.23. The Labute approximate surface area is 82.2 Å². The first-order chi connectivity index (χ1) is 6.15. The number of methoxy groups -OCH3 is 1. The molecule has 0 bridgehead atoms. The maximum absolute atomic E-state index is 5.62. The lowest BCUT2D eigenvalue weighted by atomic mass is 9.97. The van der Waals surface area contributed by atoms with Crippen molar-refractivity contribution in [1.29, 1.82) is 0 Å². The zero-order valence-electron chi connectivity index (χ0n) is 9.42. The monoisotopic (exact) mass is 188 g/mol. The van der Waals surface area contributed by atoms with E-state index in [4.69, 9.17) is 10.6 Å². The molecule has 0 amide bonds. The van der Waals surface area contributed by atoms with Gasteiger partial charge < -0.3 is 4.74 Å². The van der Waals surface area contributed by atoms with Crippen LogP contribution in [0.2, 0.25) is 0 Å². The molecule has 0 radical (unpaired) electrons. The van der Waals surface area contributed by atoms with E-state index >= 15 is 0 Å². The Morgan fingerprint density at radius 3 is 2.38 bits per heavy atom. The third-order valence-electron chi connectivity index (χ3n) is 2.22. The van der Waals surface area contributed by atoms with Crippen molar-refractivity contribution in [2.75, 3.05) is 20.2 Å². The van der Waals surface area contributed by atoms with Gasteiger partial charge in [-0.1, -0.05) is 27.2 Å². The molecular weight excluding hydrogens is 164 g/mol. The summed E-state index contributed by atoms with van der Waals surface area (Å²) in [5.41, 5.74) is 0. The lowest BCUT2D eigenvalue weighted by Gasteiger charge is -2.33. The quantitative estimate of drug-likeness (QED) is 0.636. The fourth-order valence-electron chi connectivity index (χ4n) is 1.36. The predicted octanol–water partition coefficient (Wildman–Crippen LogP) is 1.63. The van der Waals surface area contributed by atoms with E-state index < -0.39 is 0 Å². The normalized spacial score (nSPS) is 29.3. The van der Waals surface area contributed by atoms with Gasteiger partial charge in [-0.05, 0) is 12.3 Å². The minimum absolute atomic E-state index is 0.332. The second-order valence-corrected chi connectivity index (χ2v) is 3.74. The SMILES string of the molecule is CCC.COC1CN(N)CCC1C. The predicted molar refractivity (Wildman–Crippen MR) is 56.3 cm³/mol. The van der Waals surface area contributed by atoms with E-state index in [1.165, 1.54) is 6.42 Å². The van der Waals surface area contributed by atoms with Crippen LogP contribution in [0.25, 0.3) is 0 Å². The Bertz CT molecular complexity index is 119. The van der Waals surface area contributed by atoms with E-state index in [9.17, 15) is 0 Å². The molecular formula is C10H24N2O. The largest absolute Gasteiger partial charge is 0.380 e. The summed E-state index contributed by atoms with van der Waals surface area (Å²) in [7, 11) is 1.75. The van der Waals surface area contributed by atoms with Crippen molar-refractivity contribution in [3.8, 4) is 0 Å². The van der Waals surface area contributed by atoms with Gasteiger partial charge in [0.15, 0.2) is 0 Å². The summed E-state index contributed by atoms with van der Waals surface area (Å²) in [5, 5.41) is 1.83. The van der Waals surface area contributed by atoms with Crippen molar-refractivity contribution in [2.24, 2.45) is 11.8 Å². The van der Waals surface area contributed by atoms with Crippen LogP contribution in [0.4, 0.5) is 0 Å². The summed E-state index contributed by atoms with van der Waals surface area (Å²) in [6, 6.07) is 0. The maximum atomic E-state index is 5.62. The Balaban J connectivity index is 0.000000424. The second kappa shape index (κ2) is 7.30. The lowest BCUT2D eigenvalue weighted by Crippen LogP contribution is -2.47. The van der Waals surface area contributed by atoms with Crippen molar-refractivity contribution in [2.45, 2.75) is 39.7 Å². The molecule has 1 aliphatic heterocycles. The number of nitrogens with two attached hydrogens (primary N) is 1. The molecule has 0 spiro atoms. The van der Waals surface area contributed by atoms with Crippen LogP contribution in [0.15, 0.2) is 0 Å². The smallest absolute Gasteiger partial charge is 0.0738 e. The first-order valence-electron chi connectivity index (χ1n) is 5.18. The van der Waals surface area contributed by atoms with E-state index in [-0.39, 0.29) is 0 Å². The number of rotatable bonds is 1. The van der Waals surface area contributed by atoms with Gasteiger partial charge in [0.1, 0.15) is 0 Å². The first-order valence-corrected chi connectivity index (χ1v) is 5.18. The lowest BCUT2D eigenvalue weighted by molar-refractivity contribution is -0.00512. The number of hydrogen-bond acceptors (Lipinski definition) is 3. The molecule has 2 atom stereocenters. The van der Waals surface area contributed by atoms with Gasteiger partial charge in [-0.25, -0.2) is 5.01 Å². The minimum Gasteiger partial charge on any atom is -0.380 e. The summed E-state index contributed by atoms with van der Waals surface area (Å²) < 4.78 is 5.25. The van der Waals surface area contributed by atoms with Gasteiger partial charge >= 0.3 is 0 Å². The summed E-state index contributed by atoms with van der Waals surface area (Å²) >= 11 is 0. The van der Waals surface area contributed by atoms with Crippen LogP contribution in [-0.2, 0) is 4.74 Å². The topological polar surface area (TPSA) is 38.5 Å². The van der Waals surface area contributed by atoms with Crippen molar-refractivity contribution < 1.29 is 4.74 Å². The molecule has 0 aromatic heterocycles. The van der Waals surface area contributed by atoms with Gasteiger partial charge in [0, 0.05) is 20.2 Å². The zero-order chi connectivity index (χ0) is 10.3. The minimum atomic E-state index is 0.332. The number of ether oxygens (including phenoxy) is 1. The molecule has 0 aromatic carbocycles. The Hall–Kier alpha value is -0.120. The molecule has 3 nitrogen and oxygen atoms in total. The zero-order valence-corrected chi connectivity index (χ0v) is 9.42. The van der Waals surface area contributed by atoms with Gasteiger partial charge in [0.05, 0.1) is 6.10 Å². The fraction of sp³-hybridized carbons (Fsp3) is 1.00.